The Labute approximate surface area is 109 Å². The number of carbonyl (C=O) groups is 2. The van der Waals surface area contributed by atoms with E-state index >= 15 is 0 Å². The van der Waals surface area contributed by atoms with Gasteiger partial charge in [0.15, 0.2) is 0 Å². The molecule has 1 amide bonds. The lowest BCUT2D eigenvalue weighted by Crippen LogP contribution is -2.40. The van der Waals surface area contributed by atoms with Crippen molar-refractivity contribution >= 4 is 11.9 Å². The number of pyridine rings is 1. The second kappa shape index (κ2) is 5.23. The fourth-order valence-electron chi connectivity index (χ4n) is 2.15. The van der Waals surface area contributed by atoms with Gasteiger partial charge >= 0.3 is 5.97 Å². The number of methoxy groups -OCH3 is 1. The molecule has 2 atom stereocenters. The monoisotopic (exact) mass is 266 g/mol. The third-order valence-corrected chi connectivity index (χ3v) is 3.17. The maximum absolute atomic E-state index is 12.3. The van der Waals surface area contributed by atoms with Crippen LogP contribution in [0.4, 0.5) is 0 Å². The lowest BCUT2D eigenvalue weighted by atomic mass is 10.1. The van der Waals surface area contributed by atoms with Crippen molar-refractivity contribution in [1.82, 2.24) is 9.88 Å². The van der Waals surface area contributed by atoms with Crippen LogP contribution in [0.3, 0.4) is 0 Å². The summed E-state index contributed by atoms with van der Waals surface area (Å²) >= 11 is 0. The molecule has 2 heterocycles. The topological polar surface area (TPSA) is 100.0 Å². The number of nitrogens with zero attached hydrogens (tertiary/aromatic N) is 2. The van der Waals surface area contributed by atoms with Crippen molar-refractivity contribution in [2.75, 3.05) is 13.7 Å². The zero-order valence-corrected chi connectivity index (χ0v) is 10.3. The van der Waals surface area contributed by atoms with Gasteiger partial charge in [-0.3, -0.25) is 9.78 Å². The minimum absolute atomic E-state index is 0.0398. The van der Waals surface area contributed by atoms with Gasteiger partial charge in [0, 0.05) is 26.3 Å². The largest absolute Gasteiger partial charge is 0.505 e. The van der Waals surface area contributed by atoms with E-state index in [1.54, 1.807) is 0 Å². The standard InChI is InChI=1S/C12H14N2O5/c1-19-7-4-9(12(17)18)14(6-7)11(16)8-2-3-13-5-10(8)15/h2-3,5,7,9,15H,4,6H2,1H3,(H,17,18). The van der Waals surface area contributed by atoms with Crippen molar-refractivity contribution in [2.45, 2.75) is 18.6 Å². The highest BCUT2D eigenvalue weighted by Crippen LogP contribution is 2.25. The van der Waals surface area contributed by atoms with E-state index in [4.69, 9.17) is 9.84 Å². The summed E-state index contributed by atoms with van der Waals surface area (Å²) in [6, 6.07) is 0.418. The number of aromatic nitrogens is 1. The third kappa shape index (κ3) is 2.50. The van der Waals surface area contributed by atoms with Crippen LogP contribution >= 0.6 is 0 Å². The highest BCUT2D eigenvalue weighted by Gasteiger charge is 2.40. The highest BCUT2D eigenvalue weighted by atomic mass is 16.5. The normalized spacial score (nSPS) is 22.5. The average molecular weight is 266 g/mol. The van der Waals surface area contributed by atoms with Crippen LogP contribution in [0.1, 0.15) is 16.8 Å². The van der Waals surface area contributed by atoms with Crippen LogP contribution in [-0.2, 0) is 9.53 Å². The summed E-state index contributed by atoms with van der Waals surface area (Å²) in [6.45, 7) is 0.189. The average Bonchev–Trinajstić information content (AvgIpc) is 2.83. The molecule has 0 radical (unpaired) electrons. The van der Waals surface area contributed by atoms with Crippen molar-refractivity contribution in [3.8, 4) is 5.75 Å². The molecule has 0 saturated carbocycles. The van der Waals surface area contributed by atoms with Gasteiger partial charge in [0.2, 0.25) is 0 Å². The maximum atomic E-state index is 12.3. The molecular weight excluding hydrogens is 252 g/mol. The number of carboxylic acids is 1. The first-order valence-corrected chi connectivity index (χ1v) is 5.74. The van der Waals surface area contributed by atoms with Gasteiger partial charge in [-0.05, 0) is 6.07 Å². The Morgan fingerprint density at radius 1 is 1.53 bits per heavy atom. The van der Waals surface area contributed by atoms with Crippen LogP contribution in [0.25, 0.3) is 0 Å². The summed E-state index contributed by atoms with van der Waals surface area (Å²) < 4.78 is 5.11. The number of aromatic hydroxyl groups is 1. The number of aliphatic carboxylic acids is 1. The fraction of sp³-hybridized carbons (Fsp3) is 0.417. The second-order valence-corrected chi connectivity index (χ2v) is 4.30. The van der Waals surface area contributed by atoms with E-state index in [2.05, 4.69) is 4.98 Å². The van der Waals surface area contributed by atoms with E-state index < -0.39 is 17.9 Å². The number of hydrogen-bond acceptors (Lipinski definition) is 5. The first-order valence-electron chi connectivity index (χ1n) is 5.74. The molecule has 0 aliphatic carbocycles. The predicted molar refractivity (Wildman–Crippen MR) is 63.8 cm³/mol. The number of carbonyl (C=O) groups excluding carboxylic acids is 1. The van der Waals surface area contributed by atoms with Gasteiger partial charge in [0.25, 0.3) is 5.91 Å². The molecule has 0 spiro atoms. The van der Waals surface area contributed by atoms with E-state index in [9.17, 15) is 14.7 Å². The van der Waals surface area contributed by atoms with E-state index in [1.807, 2.05) is 0 Å². The number of rotatable bonds is 3. The number of ether oxygens (including phenoxy) is 1. The number of carboxylic acid groups (broad SMARTS) is 1. The molecule has 1 fully saturated rings. The molecule has 0 aromatic carbocycles. The van der Waals surface area contributed by atoms with Crippen LogP contribution in [0, 0.1) is 0 Å². The Kier molecular flexibility index (Phi) is 3.66. The lowest BCUT2D eigenvalue weighted by Gasteiger charge is -2.21. The fourth-order valence-corrected chi connectivity index (χ4v) is 2.15. The third-order valence-electron chi connectivity index (χ3n) is 3.17. The summed E-state index contributed by atoms with van der Waals surface area (Å²) in [7, 11) is 1.47. The molecule has 1 saturated heterocycles. The van der Waals surface area contributed by atoms with E-state index in [0.29, 0.717) is 0 Å². The molecule has 0 bridgehead atoms. The molecule has 2 rings (SSSR count). The van der Waals surface area contributed by atoms with Gasteiger partial charge in [-0.25, -0.2) is 4.79 Å². The molecule has 7 heteroatoms. The molecule has 1 aromatic rings. The van der Waals surface area contributed by atoms with Crippen LogP contribution in [-0.4, -0.2) is 57.8 Å². The Morgan fingerprint density at radius 2 is 2.26 bits per heavy atom. The number of likely N-dealkylation sites (tertiary alicyclic amines) is 1. The van der Waals surface area contributed by atoms with Crippen LogP contribution < -0.4 is 0 Å². The van der Waals surface area contributed by atoms with Crippen LogP contribution in [0.2, 0.25) is 0 Å². The Bertz CT molecular complexity index is 505. The van der Waals surface area contributed by atoms with Crippen LogP contribution in [0.5, 0.6) is 5.75 Å². The Morgan fingerprint density at radius 3 is 2.84 bits per heavy atom. The summed E-state index contributed by atoms with van der Waals surface area (Å²) in [5.41, 5.74) is 0.0398. The van der Waals surface area contributed by atoms with Crippen LogP contribution in [0.15, 0.2) is 18.5 Å². The summed E-state index contributed by atoms with van der Waals surface area (Å²) in [5, 5.41) is 18.7. The molecule has 19 heavy (non-hydrogen) atoms. The molecule has 1 aliphatic heterocycles. The highest BCUT2D eigenvalue weighted by molar-refractivity contribution is 5.99. The molecule has 2 unspecified atom stereocenters. The molecular formula is C12H14N2O5. The van der Waals surface area contributed by atoms with Crippen molar-refractivity contribution in [3.05, 3.63) is 24.0 Å². The zero-order valence-electron chi connectivity index (χ0n) is 10.3. The molecule has 1 aromatic heterocycles. The quantitative estimate of drug-likeness (QED) is 0.805. The zero-order chi connectivity index (χ0) is 14.0. The molecule has 7 nitrogen and oxygen atoms in total. The van der Waals surface area contributed by atoms with E-state index in [-0.39, 0.29) is 30.4 Å². The minimum atomic E-state index is -1.08. The van der Waals surface area contributed by atoms with Crippen molar-refractivity contribution < 1.29 is 24.5 Å². The first kappa shape index (κ1) is 13.3. The summed E-state index contributed by atoms with van der Waals surface area (Å²) in [6.07, 6.45) is 2.44. The summed E-state index contributed by atoms with van der Waals surface area (Å²) in [4.78, 5) is 28.3. The minimum Gasteiger partial charge on any atom is -0.505 e. The van der Waals surface area contributed by atoms with E-state index in [1.165, 1.54) is 24.3 Å². The second-order valence-electron chi connectivity index (χ2n) is 4.30. The van der Waals surface area contributed by atoms with Gasteiger partial charge < -0.3 is 19.8 Å². The Balaban J connectivity index is 2.27. The smallest absolute Gasteiger partial charge is 0.326 e. The lowest BCUT2D eigenvalue weighted by molar-refractivity contribution is -0.141. The van der Waals surface area contributed by atoms with Gasteiger partial charge in [-0.2, -0.15) is 0 Å². The van der Waals surface area contributed by atoms with Gasteiger partial charge in [0.1, 0.15) is 11.8 Å². The Hall–Kier alpha value is -2.15. The SMILES string of the molecule is COC1CC(C(=O)O)N(C(=O)c2ccncc2O)C1. The first-order chi connectivity index (χ1) is 9.04. The summed E-state index contributed by atoms with van der Waals surface area (Å²) in [5.74, 6) is -1.88. The van der Waals surface area contributed by atoms with Crippen molar-refractivity contribution in [2.24, 2.45) is 0 Å². The molecule has 2 N–H and O–H groups in total. The van der Waals surface area contributed by atoms with E-state index in [0.717, 1.165) is 6.20 Å². The maximum Gasteiger partial charge on any atom is 0.326 e. The van der Waals surface area contributed by atoms with Crippen molar-refractivity contribution in [3.63, 3.8) is 0 Å². The predicted octanol–water partition coefficient (Wildman–Crippen LogP) is 0.101. The van der Waals surface area contributed by atoms with Gasteiger partial charge in [0.05, 0.1) is 17.9 Å². The van der Waals surface area contributed by atoms with Gasteiger partial charge in [-0.1, -0.05) is 0 Å². The van der Waals surface area contributed by atoms with Crippen molar-refractivity contribution in [1.29, 1.82) is 0 Å². The number of hydrogen-bond donors (Lipinski definition) is 2. The molecule has 102 valence electrons. The molecule has 1 aliphatic rings. The number of amides is 1. The van der Waals surface area contributed by atoms with Gasteiger partial charge in [-0.15, -0.1) is 0 Å².